The minimum atomic E-state index is -1.25. The van der Waals surface area contributed by atoms with Crippen molar-refractivity contribution >= 4 is 17.6 Å². The van der Waals surface area contributed by atoms with E-state index in [-0.39, 0.29) is 11.3 Å². The van der Waals surface area contributed by atoms with Gasteiger partial charge in [-0.15, -0.1) is 0 Å². The molecule has 1 aromatic carbocycles. The summed E-state index contributed by atoms with van der Waals surface area (Å²) in [5.74, 6) is -1.02. The number of nitrogens with zero attached hydrogens (tertiary/aromatic N) is 3. The summed E-state index contributed by atoms with van der Waals surface area (Å²) in [6.45, 7) is 2.09. The average Bonchev–Trinajstić information content (AvgIpc) is 3.19. The fourth-order valence-electron chi connectivity index (χ4n) is 3.57. The van der Waals surface area contributed by atoms with Gasteiger partial charge in [0.25, 0.3) is 11.6 Å². The van der Waals surface area contributed by atoms with Gasteiger partial charge in [-0.2, -0.15) is 5.10 Å². The molecule has 2 N–H and O–H groups in total. The first-order valence-corrected chi connectivity index (χ1v) is 9.20. The lowest BCUT2D eigenvalue weighted by atomic mass is 9.75. The van der Waals surface area contributed by atoms with E-state index in [0.29, 0.717) is 24.4 Å². The number of non-ortho nitro benzene ring substituents is 1. The number of hydrogen-bond acceptors (Lipinski definition) is 5. The molecule has 0 bridgehead atoms. The van der Waals surface area contributed by atoms with Crippen LogP contribution in [0.2, 0.25) is 0 Å². The van der Waals surface area contributed by atoms with E-state index < -0.39 is 22.3 Å². The van der Waals surface area contributed by atoms with E-state index in [1.165, 1.54) is 41.3 Å². The number of aliphatic carboxylic acids is 1. The number of carbonyl (C=O) groups excluding carboxylic acids is 1. The summed E-state index contributed by atoms with van der Waals surface area (Å²) in [5.41, 5.74) is -0.504. The highest BCUT2D eigenvalue weighted by Gasteiger charge is 2.43. The van der Waals surface area contributed by atoms with Crippen molar-refractivity contribution in [2.24, 2.45) is 5.92 Å². The monoisotopic (exact) mass is 386 g/mol. The Kier molecular flexibility index (Phi) is 5.43. The number of hydrogen-bond donors (Lipinski definition) is 2. The van der Waals surface area contributed by atoms with Crippen molar-refractivity contribution in [3.63, 3.8) is 0 Å². The highest BCUT2D eigenvalue weighted by molar-refractivity contribution is 5.97. The van der Waals surface area contributed by atoms with Gasteiger partial charge in [0.05, 0.1) is 22.4 Å². The second-order valence-electron chi connectivity index (χ2n) is 7.14. The molecule has 1 heterocycles. The predicted octanol–water partition coefficient (Wildman–Crippen LogP) is 2.93. The average molecular weight is 386 g/mol. The molecule has 0 aliphatic heterocycles. The Morgan fingerprint density at radius 2 is 1.96 bits per heavy atom. The van der Waals surface area contributed by atoms with Gasteiger partial charge in [-0.05, 0) is 43.7 Å². The van der Waals surface area contributed by atoms with Gasteiger partial charge in [0.1, 0.15) is 5.54 Å². The number of nitro benzene ring substituents is 1. The molecule has 28 heavy (non-hydrogen) atoms. The molecule has 3 rings (SSSR count). The molecule has 0 radical (unpaired) electrons. The zero-order chi connectivity index (χ0) is 20.3. The summed E-state index contributed by atoms with van der Waals surface area (Å²) in [5, 5.41) is 27.3. The maximum Gasteiger partial charge on any atom is 0.329 e. The van der Waals surface area contributed by atoms with Crippen LogP contribution in [0.1, 0.15) is 49.4 Å². The van der Waals surface area contributed by atoms with Gasteiger partial charge >= 0.3 is 5.97 Å². The van der Waals surface area contributed by atoms with Gasteiger partial charge in [0.15, 0.2) is 0 Å². The van der Waals surface area contributed by atoms with Crippen molar-refractivity contribution in [2.75, 3.05) is 0 Å². The fourth-order valence-corrected chi connectivity index (χ4v) is 3.57. The van der Waals surface area contributed by atoms with Gasteiger partial charge in [-0.1, -0.05) is 13.3 Å². The van der Waals surface area contributed by atoms with E-state index >= 15 is 0 Å². The summed E-state index contributed by atoms with van der Waals surface area (Å²) in [6.07, 6.45) is 6.18. The highest BCUT2D eigenvalue weighted by atomic mass is 16.6. The summed E-state index contributed by atoms with van der Waals surface area (Å²) in [6, 6.07) is 5.75. The first-order valence-electron chi connectivity index (χ1n) is 9.20. The van der Waals surface area contributed by atoms with Crippen molar-refractivity contribution in [1.29, 1.82) is 0 Å². The van der Waals surface area contributed by atoms with Crippen LogP contribution in [0.25, 0.3) is 5.69 Å². The number of aromatic nitrogens is 2. The molecule has 1 saturated carbocycles. The van der Waals surface area contributed by atoms with Crippen LogP contribution in [-0.4, -0.2) is 37.2 Å². The number of carboxylic acid groups (broad SMARTS) is 1. The lowest BCUT2D eigenvalue weighted by molar-refractivity contribution is -0.384. The van der Waals surface area contributed by atoms with Gasteiger partial charge in [-0.3, -0.25) is 14.9 Å². The Morgan fingerprint density at radius 3 is 2.50 bits per heavy atom. The van der Waals surface area contributed by atoms with E-state index in [4.69, 9.17) is 0 Å². The van der Waals surface area contributed by atoms with Gasteiger partial charge in [0, 0.05) is 18.3 Å². The Balaban J connectivity index is 1.74. The molecular formula is C19H22N4O5. The standard InChI is InChI=1S/C19H22N4O5/c1-2-13-7-9-19(10-8-13,18(25)26)21-17(24)14-11-20-22(12-14)15-3-5-16(6-4-15)23(27)28/h3-6,11-13H,2,7-10H2,1H3,(H,21,24)(H,25,26). The third-order valence-corrected chi connectivity index (χ3v) is 5.47. The molecule has 9 nitrogen and oxygen atoms in total. The molecule has 0 saturated heterocycles. The van der Waals surface area contributed by atoms with Crippen LogP contribution in [0.3, 0.4) is 0 Å². The summed E-state index contributed by atoms with van der Waals surface area (Å²) < 4.78 is 1.42. The Morgan fingerprint density at radius 1 is 1.32 bits per heavy atom. The first kappa shape index (κ1) is 19.5. The van der Waals surface area contributed by atoms with E-state index in [1.54, 1.807) is 0 Å². The summed E-state index contributed by atoms with van der Waals surface area (Å²) in [7, 11) is 0. The topological polar surface area (TPSA) is 127 Å². The van der Waals surface area contributed by atoms with Gasteiger partial charge in [0.2, 0.25) is 0 Å². The summed E-state index contributed by atoms with van der Waals surface area (Å²) in [4.78, 5) is 34.7. The van der Waals surface area contributed by atoms with E-state index in [9.17, 15) is 24.8 Å². The molecule has 9 heteroatoms. The SMILES string of the molecule is CCC1CCC(NC(=O)c2cnn(-c3ccc([N+](=O)[O-])cc3)c2)(C(=O)O)CC1. The van der Waals surface area contributed by atoms with Crippen LogP contribution in [0.4, 0.5) is 5.69 Å². The zero-order valence-corrected chi connectivity index (χ0v) is 15.5. The molecule has 1 fully saturated rings. The number of carbonyl (C=O) groups is 2. The van der Waals surface area contributed by atoms with Crippen LogP contribution >= 0.6 is 0 Å². The molecule has 0 spiro atoms. The van der Waals surface area contributed by atoms with Crippen LogP contribution in [0.5, 0.6) is 0 Å². The molecule has 1 aliphatic rings. The number of amides is 1. The second-order valence-corrected chi connectivity index (χ2v) is 7.14. The molecular weight excluding hydrogens is 364 g/mol. The largest absolute Gasteiger partial charge is 0.480 e. The van der Waals surface area contributed by atoms with Crippen molar-refractivity contribution in [1.82, 2.24) is 15.1 Å². The summed E-state index contributed by atoms with van der Waals surface area (Å²) >= 11 is 0. The quantitative estimate of drug-likeness (QED) is 0.580. The molecule has 0 atom stereocenters. The Bertz CT molecular complexity index is 882. The second kappa shape index (κ2) is 7.79. The lowest BCUT2D eigenvalue weighted by Crippen LogP contribution is -2.56. The molecule has 148 valence electrons. The smallest absolute Gasteiger partial charge is 0.329 e. The normalized spacial score (nSPS) is 21.8. The predicted molar refractivity (Wildman–Crippen MR) is 100 cm³/mol. The maximum absolute atomic E-state index is 12.6. The Hall–Kier alpha value is -3.23. The van der Waals surface area contributed by atoms with Crippen molar-refractivity contribution in [3.05, 3.63) is 52.3 Å². The van der Waals surface area contributed by atoms with Crippen LogP contribution < -0.4 is 5.32 Å². The fraction of sp³-hybridized carbons (Fsp3) is 0.421. The number of carboxylic acids is 1. The number of rotatable bonds is 6. The number of benzene rings is 1. The minimum absolute atomic E-state index is 0.0417. The molecule has 2 aromatic rings. The third-order valence-electron chi connectivity index (χ3n) is 5.47. The molecule has 0 unspecified atom stereocenters. The number of nitrogens with one attached hydrogen (secondary N) is 1. The Labute approximate surface area is 161 Å². The van der Waals surface area contributed by atoms with Crippen LogP contribution in [0.15, 0.2) is 36.7 Å². The van der Waals surface area contributed by atoms with Crippen LogP contribution in [0, 0.1) is 16.0 Å². The van der Waals surface area contributed by atoms with E-state index in [0.717, 1.165) is 19.3 Å². The van der Waals surface area contributed by atoms with Gasteiger partial charge < -0.3 is 10.4 Å². The van der Waals surface area contributed by atoms with E-state index in [2.05, 4.69) is 17.3 Å². The van der Waals surface area contributed by atoms with Crippen LogP contribution in [-0.2, 0) is 4.79 Å². The van der Waals surface area contributed by atoms with Crippen molar-refractivity contribution in [3.8, 4) is 5.69 Å². The van der Waals surface area contributed by atoms with Crippen molar-refractivity contribution in [2.45, 2.75) is 44.6 Å². The highest BCUT2D eigenvalue weighted by Crippen LogP contribution is 2.34. The minimum Gasteiger partial charge on any atom is -0.480 e. The lowest BCUT2D eigenvalue weighted by Gasteiger charge is -2.37. The van der Waals surface area contributed by atoms with Crippen molar-refractivity contribution < 1.29 is 19.6 Å². The van der Waals surface area contributed by atoms with E-state index in [1.807, 2.05) is 0 Å². The molecule has 1 amide bonds. The maximum atomic E-state index is 12.6. The molecule has 1 aromatic heterocycles. The number of nitro groups is 1. The first-order chi connectivity index (χ1) is 13.3. The third kappa shape index (κ3) is 3.88. The molecule has 1 aliphatic carbocycles. The zero-order valence-electron chi connectivity index (χ0n) is 15.5. The van der Waals surface area contributed by atoms with Gasteiger partial charge in [-0.25, -0.2) is 9.48 Å².